The second-order valence-electron chi connectivity index (χ2n) is 10.4. The van der Waals surface area contributed by atoms with E-state index in [1.165, 1.54) is 16.7 Å². The Kier molecular flexibility index (Phi) is 10.5. The fraction of sp³-hybridized carbons (Fsp3) is 0.455. The van der Waals surface area contributed by atoms with Crippen LogP contribution in [0.5, 0.6) is 23.0 Å². The van der Waals surface area contributed by atoms with E-state index in [0.717, 1.165) is 75.3 Å². The van der Waals surface area contributed by atoms with Gasteiger partial charge in [-0.25, -0.2) is 4.39 Å². The van der Waals surface area contributed by atoms with Gasteiger partial charge in [0.25, 0.3) is 0 Å². The topological polar surface area (TPSA) is 63.2 Å². The van der Waals surface area contributed by atoms with Gasteiger partial charge in [-0.3, -0.25) is 0 Å². The third-order valence-electron chi connectivity index (χ3n) is 7.93. The second kappa shape index (κ2) is 14.3. The number of hydrogen-bond acceptors (Lipinski definition) is 6. The molecule has 0 unspecified atom stereocenters. The smallest absolute Gasteiger partial charge is 0.165 e. The van der Waals surface area contributed by atoms with Gasteiger partial charge in [0.15, 0.2) is 23.1 Å². The summed E-state index contributed by atoms with van der Waals surface area (Å²) in [5.74, 6) is 2.06. The molecule has 0 spiro atoms. The summed E-state index contributed by atoms with van der Waals surface area (Å²) in [5, 5.41) is 13.5. The van der Waals surface area contributed by atoms with Crippen LogP contribution < -0.4 is 19.5 Å². The largest absolute Gasteiger partial charge is 0.508 e. The highest BCUT2D eigenvalue weighted by molar-refractivity contribution is 5.62. The van der Waals surface area contributed by atoms with E-state index in [-0.39, 0.29) is 5.82 Å². The lowest BCUT2D eigenvalue weighted by Crippen LogP contribution is -2.28. The SMILES string of the molecule is CCN(CC)CCOc1ccc(CCCNc2cc(OC)c(OC)cc2[C@@H]2CCc3cc(O)ccc3C2)cc1F. The van der Waals surface area contributed by atoms with Crippen molar-refractivity contribution in [2.75, 3.05) is 52.3 Å². The van der Waals surface area contributed by atoms with Crippen molar-refractivity contribution in [2.45, 2.75) is 51.9 Å². The summed E-state index contributed by atoms with van der Waals surface area (Å²) in [7, 11) is 3.31. The van der Waals surface area contributed by atoms with E-state index >= 15 is 0 Å². The minimum absolute atomic E-state index is 0.307. The lowest BCUT2D eigenvalue weighted by atomic mass is 9.79. The van der Waals surface area contributed by atoms with Gasteiger partial charge < -0.3 is 29.5 Å². The molecule has 0 aromatic heterocycles. The van der Waals surface area contributed by atoms with E-state index in [1.54, 1.807) is 32.4 Å². The molecule has 0 saturated heterocycles. The number of phenols is 1. The number of aryl methyl sites for hydroxylation is 2. The van der Waals surface area contributed by atoms with Gasteiger partial charge in [0.1, 0.15) is 12.4 Å². The van der Waals surface area contributed by atoms with Crippen LogP contribution in [0, 0.1) is 5.82 Å². The minimum atomic E-state index is -0.307. The van der Waals surface area contributed by atoms with E-state index < -0.39 is 0 Å². The Labute approximate surface area is 238 Å². The number of likely N-dealkylation sites (N-methyl/N-ethyl adjacent to an activating group) is 1. The molecular weight excluding hydrogens is 507 g/mol. The molecular formula is C33H43FN2O4. The zero-order valence-electron chi connectivity index (χ0n) is 24.3. The Morgan fingerprint density at radius 3 is 2.45 bits per heavy atom. The Morgan fingerprint density at radius 1 is 0.950 bits per heavy atom. The van der Waals surface area contributed by atoms with Crippen LogP contribution in [-0.2, 0) is 19.3 Å². The van der Waals surface area contributed by atoms with Crippen molar-refractivity contribution < 1.29 is 23.7 Å². The van der Waals surface area contributed by atoms with Crippen molar-refractivity contribution in [2.24, 2.45) is 0 Å². The number of rotatable bonds is 14. The summed E-state index contributed by atoms with van der Waals surface area (Å²) in [4.78, 5) is 2.25. The number of nitrogens with one attached hydrogen (secondary N) is 1. The maximum Gasteiger partial charge on any atom is 0.165 e. The molecule has 0 radical (unpaired) electrons. The number of ether oxygens (including phenoxy) is 3. The molecule has 0 bridgehead atoms. The summed E-state index contributed by atoms with van der Waals surface area (Å²) in [5.41, 5.74) is 5.69. The first-order chi connectivity index (χ1) is 19.4. The monoisotopic (exact) mass is 550 g/mol. The van der Waals surface area contributed by atoms with Crippen LogP contribution >= 0.6 is 0 Å². The first-order valence-electron chi connectivity index (χ1n) is 14.4. The van der Waals surface area contributed by atoms with Crippen LogP contribution in [0.1, 0.15) is 54.9 Å². The fourth-order valence-electron chi connectivity index (χ4n) is 5.55. The highest BCUT2D eigenvalue weighted by Crippen LogP contribution is 2.42. The number of methoxy groups -OCH3 is 2. The standard InChI is InChI=1S/C33H43FN2O4/c1-5-36(6-2)16-17-40-31-14-9-23(18-29(31)34)8-7-15-35-30-22-33(39-4)32(38-3)21-28(30)26-11-10-25-20-27(37)13-12-24(25)19-26/h9,12-14,18,20-22,26,35,37H,5-8,10-11,15-17,19H2,1-4H3/t26-/m1/s1. The molecule has 0 amide bonds. The number of phenolic OH excluding ortho intramolecular Hbond substituents is 1. The molecule has 2 N–H and O–H groups in total. The Bertz CT molecular complexity index is 1260. The van der Waals surface area contributed by atoms with Crippen LogP contribution in [0.3, 0.4) is 0 Å². The summed E-state index contributed by atoms with van der Waals surface area (Å²) in [6.45, 7) is 8.15. The summed E-state index contributed by atoms with van der Waals surface area (Å²) in [6, 6.07) is 15.1. The van der Waals surface area contributed by atoms with E-state index in [4.69, 9.17) is 14.2 Å². The van der Waals surface area contributed by atoms with Gasteiger partial charge in [0, 0.05) is 24.8 Å². The Balaban J connectivity index is 1.38. The molecule has 0 saturated carbocycles. The average molecular weight is 551 g/mol. The van der Waals surface area contributed by atoms with Gasteiger partial charge in [-0.05, 0) is 104 Å². The lowest BCUT2D eigenvalue weighted by molar-refractivity contribution is 0.217. The van der Waals surface area contributed by atoms with Crippen molar-refractivity contribution in [1.82, 2.24) is 4.90 Å². The third-order valence-corrected chi connectivity index (χ3v) is 7.93. The van der Waals surface area contributed by atoms with Crippen molar-refractivity contribution in [3.05, 3.63) is 76.6 Å². The van der Waals surface area contributed by atoms with Crippen LogP contribution in [0.25, 0.3) is 0 Å². The number of anilines is 1. The highest BCUT2D eigenvalue weighted by atomic mass is 19.1. The second-order valence-corrected chi connectivity index (χ2v) is 10.4. The Hall–Kier alpha value is -3.45. The number of fused-ring (bicyclic) bond motifs is 1. The maximum absolute atomic E-state index is 14.7. The van der Waals surface area contributed by atoms with Crippen molar-refractivity contribution in [3.8, 4) is 23.0 Å². The molecule has 6 nitrogen and oxygen atoms in total. The first kappa shape index (κ1) is 29.5. The van der Waals surface area contributed by atoms with Crippen molar-refractivity contribution >= 4 is 5.69 Å². The summed E-state index contributed by atoms with van der Waals surface area (Å²) in [6.07, 6.45) is 4.42. The quantitative estimate of drug-likeness (QED) is 0.221. The molecule has 1 atom stereocenters. The normalized spacial score (nSPS) is 14.6. The predicted octanol–water partition coefficient (Wildman–Crippen LogP) is 6.59. The highest BCUT2D eigenvalue weighted by Gasteiger charge is 2.24. The lowest BCUT2D eigenvalue weighted by Gasteiger charge is -2.28. The van der Waals surface area contributed by atoms with Gasteiger partial charge in [-0.1, -0.05) is 26.0 Å². The number of benzene rings is 3. The van der Waals surface area contributed by atoms with Gasteiger partial charge >= 0.3 is 0 Å². The zero-order valence-corrected chi connectivity index (χ0v) is 24.3. The van der Waals surface area contributed by atoms with Gasteiger partial charge in [0.2, 0.25) is 0 Å². The van der Waals surface area contributed by atoms with Gasteiger partial charge in [-0.2, -0.15) is 0 Å². The van der Waals surface area contributed by atoms with Crippen LogP contribution in [0.4, 0.5) is 10.1 Å². The Morgan fingerprint density at radius 2 is 1.73 bits per heavy atom. The van der Waals surface area contributed by atoms with Gasteiger partial charge in [0.05, 0.1) is 14.2 Å². The molecule has 216 valence electrons. The molecule has 4 rings (SSSR count). The van der Waals surface area contributed by atoms with Crippen LogP contribution in [-0.4, -0.2) is 57.0 Å². The molecule has 1 aliphatic rings. The molecule has 1 aliphatic carbocycles. The molecule has 0 aliphatic heterocycles. The molecule has 3 aromatic rings. The number of aromatic hydroxyl groups is 1. The zero-order chi connectivity index (χ0) is 28.5. The van der Waals surface area contributed by atoms with E-state index in [1.807, 2.05) is 24.3 Å². The molecule has 0 heterocycles. The van der Waals surface area contributed by atoms with E-state index in [2.05, 4.69) is 30.1 Å². The van der Waals surface area contributed by atoms with E-state index in [0.29, 0.717) is 29.8 Å². The van der Waals surface area contributed by atoms with Crippen molar-refractivity contribution in [3.63, 3.8) is 0 Å². The van der Waals surface area contributed by atoms with Crippen LogP contribution in [0.15, 0.2) is 48.5 Å². The third kappa shape index (κ3) is 7.39. The summed E-state index contributed by atoms with van der Waals surface area (Å²) < 4.78 is 31.6. The van der Waals surface area contributed by atoms with Crippen molar-refractivity contribution in [1.29, 1.82) is 0 Å². The average Bonchev–Trinajstić information content (AvgIpc) is 2.97. The van der Waals surface area contributed by atoms with E-state index in [9.17, 15) is 9.50 Å². The van der Waals surface area contributed by atoms with Crippen LogP contribution in [0.2, 0.25) is 0 Å². The molecule has 0 fully saturated rings. The molecule has 3 aromatic carbocycles. The number of halogens is 1. The molecule has 40 heavy (non-hydrogen) atoms. The predicted molar refractivity (Wildman–Crippen MR) is 159 cm³/mol. The van der Waals surface area contributed by atoms with Gasteiger partial charge in [-0.15, -0.1) is 0 Å². The maximum atomic E-state index is 14.7. The number of hydrogen-bond donors (Lipinski definition) is 2. The first-order valence-corrected chi connectivity index (χ1v) is 14.4. The summed E-state index contributed by atoms with van der Waals surface area (Å²) >= 11 is 0. The fourth-order valence-corrected chi connectivity index (χ4v) is 5.55. The minimum Gasteiger partial charge on any atom is -0.508 e. The molecule has 7 heteroatoms. The number of nitrogens with zero attached hydrogens (tertiary/aromatic N) is 1.